The summed E-state index contributed by atoms with van der Waals surface area (Å²) in [6.45, 7) is -0.135. The van der Waals surface area contributed by atoms with E-state index in [1.165, 1.54) is 33.5 Å². The summed E-state index contributed by atoms with van der Waals surface area (Å²) in [5, 5.41) is 4.46. The number of anilines is 1. The van der Waals surface area contributed by atoms with Gasteiger partial charge >= 0.3 is 6.18 Å². The van der Waals surface area contributed by atoms with Crippen LogP contribution in [0.5, 0.6) is 0 Å². The van der Waals surface area contributed by atoms with E-state index in [2.05, 4.69) is 5.32 Å². The van der Waals surface area contributed by atoms with Crippen molar-refractivity contribution in [2.45, 2.75) is 30.0 Å². The van der Waals surface area contributed by atoms with E-state index in [1.54, 1.807) is 0 Å². The summed E-state index contributed by atoms with van der Waals surface area (Å²) in [4.78, 5) is 26.1. The van der Waals surface area contributed by atoms with E-state index in [0.717, 1.165) is 0 Å². The van der Waals surface area contributed by atoms with Crippen LogP contribution in [0.3, 0.4) is 0 Å². The second kappa shape index (κ2) is 10.1. The van der Waals surface area contributed by atoms with Crippen molar-refractivity contribution in [3.05, 3.63) is 24.3 Å². The molecule has 2 heterocycles. The molecule has 0 aliphatic carbocycles. The number of benzene rings is 1. The summed E-state index contributed by atoms with van der Waals surface area (Å²) in [5.74, 6) is -1.27. The Labute approximate surface area is 183 Å². The standard InChI is InChI=1S/C19H25F3N4O5S/c20-19(21,22)13-23-18(28)16-5-2-6-25(16)12-17(27)24-14-3-1-4-15(11-14)32(29,30)26-7-9-31-10-8-26/h1,3-4,11,16H,2,5-10,12-13H2,(H,23,28)(H,24,27). The van der Waals surface area contributed by atoms with Crippen LogP contribution in [0.4, 0.5) is 18.9 Å². The first-order valence-corrected chi connectivity index (χ1v) is 11.6. The van der Waals surface area contributed by atoms with Crippen LogP contribution in [0, 0.1) is 0 Å². The summed E-state index contributed by atoms with van der Waals surface area (Å²) >= 11 is 0. The maximum absolute atomic E-state index is 12.8. The molecule has 0 bridgehead atoms. The van der Waals surface area contributed by atoms with E-state index in [0.29, 0.717) is 32.6 Å². The van der Waals surface area contributed by atoms with Crippen LogP contribution < -0.4 is 10.6 Å². The Kier molecular flexibility index (Phi) is 7.75. The molecule has 2 aliphatic heterocycles. The second-order valence-electron chi connectivity index (χ2n) is 7.55. The third kappa shape index (κ3) is 6.40. The van der Waals surface area contributed by atoms with Crippen LogP contribution >= 0.6 is 0 Å². The lowest BCUT2D eigenvalue weighted by Crippen LogP contribution is -2.47. The number of alkyl halides is 3. The van der Waals surface area contributed by atoms with Crippen LogP contribution in [0.15, 0.2) is 29.2 Å². The third-order valence-corrected chi connectivity index (χ3v) is 7.10. The summed E-state index contributed by atoms with van der Waals surface area (Å²) in [5.41, 5.74) is 0.265. The van der Waals surface area contributed by atoms with Gasteiger partial charge in [0.1, 0.15) is 6.54 Å². The van der Waals surface area contributed by atoms with Gasteiger partial charge in [0, 0.05) is 18.8 Å². The van der Waals surface area contributed by atoms with Crippen LogP contribution in [0.1, 0.15) is 12.8 Å². The van der Waals surface area contributed by atoms with Crippen molar-refractivity contribution in [2.75, 3.05) is 51.3 Å². The van der Waals surface area contributed by atoms with Crippen molar-refractivity contribution >= 4 is 27.5 Å². The van der Waals surface area contributed by atoms with Gasteiger partial charge in [-0.3, -0.25) is 14.5 Å². The molecule has 1 unspecified atom stereocenters. The lowest BCUT2D eigenvalue weighted by atomic mass is 10.2. The highest BCUT2D eigenvalue weighted by Gasteiger charge is 2.35. The Morgan fingerprint density at radius 2 is 1.88 bits per heavy atom. The van der Waals surface area contributed by atoms with Gasteiger partial charge in [-0.25, -0.2) is 8.42 Å². The molecule has 1 aromatic carbocycles. The van der Waals surface area contributed by atoms with Gasteiger partial charge in [0.15, 0.2) is 0 Å². The number of carbonyl (C=O) groups is 2. The minimum atomic E-state index is -4.51. The van der Waals surface area contributed by atoms with E-state index >= 15 is 0 Å². The number of hydrogen-bond acceptors (Lipinski definition) is 6. The van der Waals surface area contributed by atoms with E-state index in [9.17, 15) is 31.2 Å². The first-order valence-electron chi connectivity index (χ1n) is 10.1. The zero-order chi connectivity index (χ0) is 23.4. The van der Waals surface area contributed by atoms with Crippen molar-refractivity contribution in [3.63, 3.8) is 0 Å². The molecular weight excluding hydrogens is 453 g/mol. The average Bonchev–Trinajstić information content (AvgIpc) is 3.20. The van der Waals surface area contributed by atoms with Gasteiger partial charge in [0.05, 0.1) is 30.7 Å². The van der Waals surface area contributed by atoms with Gasteiger partial charge < -0.3 is 15.4 Å². The van der Waals surface area contributed by atoms with Gasteiger partial charge in [-0.15, -0.1) is 0 Å². The summed E-state index contributed by atoms with van der Waals surface area (Å²) in [6, 6.07) is 5.00. The molecule has 9 nitrogen and oxygen atoms in total. The Bertz CT molecular complexity index is 935. The van der Waals surface area contributed by atoms with Crippen LogP contribution in [-0.4, -0.2) is 87.6 Å². The molecule has 0 aromatic heterocycles. The predicted molar refractivity (Wildman–Crippen MR) is 108 cm³/mol. The molecule has 2 aliphatic rings. The van der Waals surface area contributed by atoms with E-state index in [-0.39, 0.29) is 30.2 Å². The molecule has 2 saturated heterocycles. The second-order valence-corrected chi connectivity index (χ2v) is 9.49. The quantitative estimate of drug-likeness (QED) is 0.600. The predicted octanol–water partition coefficient (Wildman–Crippen LogP) is 0.789. The van der Waals surface area contributed by atoms with E-state index in [1.807, 2.05) is 5.32 Å². The first kappa shape index (κ1) is 24.4. The molecule has 0 saturated carbocycles. The minimum Gasteiger partial charge on any atom is -0.379 e. The zero-order valence-corrected chi connectivity index (χ0v) is 18.0. The van der Waals surface area contributed by atoms with Crippen molar-refractivity contribution in [1.82, 2.24) is 14.5 Å². The number of likely N-dealkylation sites (tertiary alicyclic amines) is 1. The maximum atomic E-state index is 12.8. The monoisotopic (exact) mass is 478 g/mol. The Morgan fingerprint density at radius 3 is 2.56 bits per heavy atom. The summed E-state index contributed by atoms with van der Waals surface area (Å²) in [7, 11) is -3.73. The Hall–Kier alpha value is -2.22. The molecule has 0 spiro atoms. The van der Waals surface area contributed by atoms with Gasteiger partial charge in [-0.05, 0) is 37.6 Å². The lowest BCUT2D eigenvalue weighted by molar-refractivity contribution is -0.141. The zero-order valence-electron chi connectivity index (χ0n) is 17.2. The number of sulfonamides is 1. The van der Waals surface area contributed by atoms with Crippen LogP contribution in [0.2, 0.25) is 0 Å². The summed E-state index contributed by atoms with van der Waals surface area (Å²) in [6.07, 6.45) is -3.59. The molecule has 2 amide bonds. The van der Waals surface area contributed by atoms with Crippen molar-refractivity contribution in [3.8, 4) is 0 Å². The fraction of sp³-hybridized carbons (Fsp3) is 0.579. The summed E-state index contributed by atoms with van der Waals surface area (Å²) < 4.78 is 69.1. The molecule has 2 N–H and O–H groups in total. The topological polar surface area (TPSA) is 108 Å². The fourth-order valence-corrected chi connectivity index (χ4v) is 5.13. The molecule has 0 radical (unpaired) electrons. The van der Waals surface area contributed by atoms with Crippen LogP contribution in [-0.2, 0) is 24.3 Å². The van der Waals surface area contributed by atoms with Crippen molar-refractivity contribution in [2.24, 2.45) is 0 Å². The number of rotatable bonds is 7. The highest BCUT2D eigenvalue weighted by Crippen LogP contribution is 2.22. The first-order chi connectivity index (χ1) is 15.1. The number of nitrogens with zero attached hydrogens (tertiary/aromatic N) is 2. The van der Waals surface area contributed by atoms with Crippen molar-refractivity contribution in [1.29, 1.82) is 0 Å². The number of amides is 2. The highest BCUT2D eigenvalue weighted by molar-refractivity contribution is 7.89. The van der Waals surface area contributed by atoms with Gasteiger partial charge in [0.25, 0.3) is 0 Å². The molecule has 2 fully saturated rings. The van der Waals surface area contributed by atoms with Gasteiger partial charge in [0.2, 0.25) is 21.8 Å². The molecule has 1 aromatic rings. The highest BCUT2D eigenvalue weighted by atomic mass is 32.2. The largest absolute Gasteiger partial charge is 0.405 e. The SMILES string of the molecule is O=C(CN1CCCC1C(=O)NCC(F)(F)F)Nc1cccc(S(=O)(=O)N2CCOCC2)c1. The van der Waals surface area contributed by atoms with Crippen LogP contribution in [0.25, 0.3) is 0 Å². The number of morpholine rings is 1. The number of halogens is 3. The van der Waals surface area contributed by atoms with Gasteiger partial charge in [-0.1, -0.05) is 6.07 Å². The van der Waals surface area contributed by atoms with Gasteiger partial charge in [-0.2, -0.15) is 17.5 Å². The molecular formula is C19H25F3N4O5S. The molecule has 1 atom stereocenters. The lowest BCUT2D eigenvalue weighted by Gasteiger charge is -2.26. The fourth-order valence-electron chi connectivity index (χ4n) is 3.67. The number of carbonyl (C=O) groups excluding carboxylic acids is 2. The molecule has 178 valence electrons. The molecule has 13 heteroatoms. The van der Waals surface area contributed by atoms with E-state index < -0.39 is 40.6 Å². The number of hydrogen-bond donors (Lipinski definition) is 2. The minimum absolute atomic E-state index is 0.0303. The average molecular weight is 478 g/mol. The Balaban J connectivity index is 1.60. The molecule has 3 rings (SSSR count). The normalized spacial score (nSPS) is 20.8. The number of ether oxygens (including phenoxy) is 1. The van der Waals surface area contributed by atoms with Crippen molar-refractivity contribution < 1.29 is 35.9 Å². The molecule has 32 heavy (non-hydrogen) atoms. The third-order valence-electron chi connectivity index (χ3n) is 5.20. The smallest absolute Gasteiger partial charge is 0.379 e. The maximum Gasteiger partial charge on any atom is 0.405 e. The van der Waals surface area contributed by atoms with E-state index in [4.69, 9.17) is 4.74 Å². The Morgan fingerprint density at radius 1 is 1.16 bits per heavy atom. The number of nitrogens with one attached hydrogen (secondary N) is 2.